The Balaban J connectivity index is 2.05. The first kappa shape index (κ1) is 14.4. The van der Waals surface area contributed by atoms with Crippen LogP contribution in [0.15, 0.2) is 24.3 Å². The second kappa shape index (κ2) is 4.67. The first-order valence-electron chi connectivity index (χ1n) is 8.30. The smallest absolute Gasteiger partial charge is 0.258 e. The molecule has 0 atom stereocenters. The second-order valence-corrected chi connectivity index (χ2v) is 7.90. The first-order valence-corrected chi connectivity index (χ1v) is 8.30. The molecule has 4 rings (SSSR count). The van der Waals surface area contributed by atoms with Gasteiger partial charge in [0, 0.05) is 16.5 Å². The van der Waals surface area contributed by atoms with Crippen molar-refractivity contribution in [1.29, 1.82) is 0 Å². The minimum Gasteiger partial charge on any atom is -0.288 e. The highest BCUT2D eigenvalue weighted by Gasteiger charge is 2.29. The van der Waals surface area contributed by atoms with Gasteiger partial charge in [0.2, 0.25) is 0 Å². The summed E-state index contributed by atoms with van der Waals surface area (Å²) < 4.78 is 0. The van der Waals surface area contributed by atoms with Crippen molar-refractivity contribution in [3.63, 3.8) is 0 Å². The van der Waals surface area contributed by atoms with Gasteiger partial charge in [-0.3, -0.25) is 14.9 Å². The van der Waals surface area contributed by atoms with E-state index >= 15 is 0 Å². The summed E-state index contributed by atoms with van der Waals surface area (Å²) in [6, 6.07) is 8.09. The molecular weight excluding hydrogens is 286 g/mol. The second-order valence-electron chi connectivity index (χ2n) is 7.90. The van der Waals surface area contributed by atoms with Crippen LogP contribution in [0, 0.1) is 5.92 Å². The standard InChI is InChI=1S/C20H21NO2/c1-20(2,3)13-9-15-12(8-11-4-5-11)6-7-14-17(15)16(10-13)19(23)21-18(14)22/h6-7,9-11H,4-5,8H2,1-3H3,(H,21,22,23). The zero-order chi connectivity index (χ0) is 16.4. The summed E-state index contributed by atoms with van der Waals surface area (Å²) in [5, 5.41) is 4.39. The van der Waals surface area contributed by atoms with Crippen LogP contribution in [0.2, 0.25) is 0 Å². The van der Waals surface area contributed by atoms with Crippen molar-refractivity contribution in [2.45, 2.75) is 45.4 Å². The van der Waals surface area contributed by atoms with Crippen molar-refractivity contribution >= 4 is 22.6 Å². The zero-order valence-electron chi connectivity index (χ0n) is 13.8. The average molecular weight is 307 g/mol. The Labute approximate surface area is 136 Å². The predicted octanol–water partition coefficient (Wildman–Crippen LogP) is 3.97. The lowest BCUT2D eigenvalue weighted by atomic mass is 9.81. The minimum absolute atomic E-state index is 0.0424. The van der Waals surface area contributed by atoms with Gasteiger partial charge in [0.15, 0.2) is 0 Å². The number of rotatable bonds is 2. The third kappa shape index (κ3) is 2.35. The number of benzene rings is 2. The van der Waals surface area contributed by atoms with Gasteiger partial charge >= 0.3 is 0 Å². The van der Waals surface area contributed by atoms with E-state index in [-0.39, 0.29) is 17.2 Å². The Morgan fingerprint density at radius 1 is 1.04 bits per heavy atom. The third-order valence-corrected chi connectivity index (χ3v) is 4.99. The summed E-state index contributed by atoms with van der Waals surface area (Å²) in [7, 11) is 0. The van der Waals surface area contributed by atoms with E-state index in [4.69, 9.17) is 0 Å². The number of hydrogen-bond donors (Lipinski definition) is 1. The van der Waals surface area contributed by atoms with Gasteiger partial charge in [-0.25, -0.2) is 0 Å². The topological polar surface area (TPSA) is 46.2 Å². The zero-order valence-corrected chi connectivity index (χ0v) is 13.8. The van der Waals surface area contributed by atoms with Crippen molar-refractivity contribution in [1.82, 2.24) is 5.32 Å². The summed E-state index contributed by atoms with van der Waals surface area (Å²) in [5.74, 6) is 0.203. The molecular formula is C20H21NO2. The van der Waals surface area contributed by atoms with Crippen LogP contribution in [0.1, 0.15) is 65.5 Å². The molecule has 2 aliphatic rings. The fourth-order valence-electron chi connectivity index (χ4n) is 3.39. The van der Waals surface area contributed by atoms with Gasteiger partial charge in [-0.1, -0.05) is 32.9 Å². The fraction of sp³-hybridized carbons (Fsp3) is 0.400. The van der Waals surface area contributed by atoms with E-state index < -0.39 is 0 Å². The fourth-order valence-corrected chi connectivity index (χ4v) is 3.39. The molecule has 1 aliphatic carbocycles. The maximum atomic E-state index is 12.4. The Morgan fingerprint density at radius 3 is 2.39 bits per heavy atom. The molecule has 0 unspecified atom stereocenters. The van der Waals surface area contributed by atoms with Gasteiger partial charge in [0.1, 0.15) is 0 Å². The number of nitrogens with one attached hydrogen (secondary N) is 1. The lowest BCUT2D eigenvalue weighted by Gasteiger charge is -2.25. The lowest BCUT2D eigenvalue weighted by Crippen LogP contribution is -2.35. The van der Waals surface area contributed by atoms with E-state index in [0.717, 1.165) is 28.7 Å². The van der Waals surface area contributed by atoms with Gasteiger partial charge in [-0.15, -0.1) is 0 Å². The van der Waals surface area contributed by atoms with Crippen LogP contribution in [0.25, 0.3) is 10.8 Å². The van der Waals surface area contributed by atoms with Crippen LogP contribution < -0.4 is 5.32 Å². The van der Waals surface area contributed by atoms with E-state index in [2.05, 4.69) is 38.2 Å². The van der Waals surface area contributed by atoms with Crippen molar-refractivity contribution in [3.8, 4) is 0 Å². The van der Waals surface area contributed by atoms with Crippen molar-refractivity contribution in [3.05, 3.63) is 46.5 Å². The molecule has 118 valence electrons. The molecule has 0 aromatic heterocycles. The molecule has 2 aromatic carbocycles. The highest BCUT2D eigenvalue weighted by atomic mass is 16.2. The Hall–Kier alpha value is -2.16. The molecule has 2 aromatic rings. The number of carbonyl (C=O) groups is 2. The maximum absolute atomic E-state index is 12.4. The summed E-state index contributed by atoms with van der Waals surface area (Å²) in [4.78, 5) is 24.6. The summed E-state index contributed by atoms with van der Waals surface area (Å²) in [5.41, 5.74) is 3.62. The number of hydrogen-bond acceptors (Lipinski definition) is 2. The van der Waals surface area contributed by atoms with Gasteiger partial charge in [-0.05, 0) is 59.2 Å². The molecule has 23 heavy (non-hydrogen) atoms. The van der Waals surface area contributed by atoms with E-state index in [0.29, 0.717) is 11.1 Å². The molecule has 0 radical (unpaired) electrons. The average Bonchev–Trinajstić information content (AvgIpc) is 3.28. The minimum atomic E-state index is -0.283. The molecule has 1 saturated carbocycles. The molecule has 0 spiro atoms. The van der Waals surface area contributed by atoms with Crippen LogP contribution in [-0.2, 0) is 11.8 Å². The molecule has 0 bridgehead atoms. The predicted molar refractivity (Wildman–Crippen MR) is 90.9 cm³/mol. The van der Waals surface area contributed by atoms with Crippen LogP contribution in [-0.4, -0.2) is 11.8 Å². The van der Waals surface area contributed by atoms with Crippen LogP contribution in [0.4, 0.5) is 0 Å². The van der Waals surface area contributed by atoms with Gasteiger partial charge < -0.3 is 0 Å². The third-order valence-electron chi connectivity index (χ3n) is 4.99. The monoisotopic (exact) mass is 307 g/mol. The Morgan fingerprint density at radius 2 is 1.74 bits per heavy atom. The van der Waals surface area contributed by atoms with Gasteiger partial charge in [0.05, 0.1) is 0 Å². The molecule has 3 heteroatoms. The van der Waals surface area contributed by atoms with E-state index in [1.807, 2.05) is 12.1 Å². The molecule has 1 N–H and O–H groups in total. The number of carbonyl (C=O) groups excluding carboxylic acids is 2. The number of amides is 2. The summed E-state index contributed by atoms with van der Waals surface area (Å²) in [6.07, 6.45) is 3.61. The molecule has 1 aliphatic heterocycles. The molecule has 0 saturated heterocycles. The van der Waals surface area contributed by atoms with Gasteiger partial charge in [0.25, 0.3) is 11.8 Å². The van der Waals surface area contributed by atoms with Crippen LogP contribution in [0.5, 0.6) is 0 Å². The summed E-state index contributed by atoms with van der Waals surface area (Å²) >= 11 is 0. The number of imide groups is 1. The van der Waals surface area contributed by atoms with E-state index in [9.17, 15) is 9.59 Å². The quantitative estimate of drug-likeness (QED) is 0.853. The van der Waals surface area contributed by atoms with Gasteiger partial charge in [-0.2, -0.15) is 0 Å². The van der Waals surface area contributed by atoms with Crippen LogP contribution in [0.3, 0.4) is 0 Å². The van der Waals surface area contributed by atoms with Crippen LogP contribution >= 0.6 is 0 Å². The maximum Gasteiger partial charge on any atom is 0.258 e. The Kier molecular flexibility index (Phi) is 2.93. The SMILES string of the molecule is CC(C)(C)c1cc2c3c(ccc(CC4CC4)c3c1)C(=O)NC2=O. The van der Waals surface area contributed by atoms with E-state index in [1.54, 1.807) is 0 Å². The lowest BCUT2D eigenvalue weighted by molar-refractivity contribution is 0.0845. The summed E-state index contributed by atoms with van der Waals surface area (Å²) in [6.45, 7) is 6.45. The van der Waals surface area contributed by atoms with Crippen molar-refractivity contribution < 1.29 is 9.59 Å². The highest BCUT2D eigenvalue weighted by molar-refractivity contribution is 6.26. The normalized spacial score (nSPS) is 17.5. The first-order chi connectivity index (χ1) is 10.8. The molecule has 2 amide bonds. The Bertz CT molecular complexity index is 854. The highest BCUT2D eigenvalue weighted by Crippen LogP contribution is 2.38. The van der Waals surface area contributed by atoms with Crippen molar-refractivity contribution in [2.24, 2.45) is 5.92 Å². The van der Waals surface area contributed by atoms with E-state index in [1.165, 1.54) is 18.4 Å². The largest absolute Gasteiger partial charge is 0.288 e. The van der Waals surface area contributed by atoms with Crippen molar-refractivity contribution in [2.75, 3.05) is 0 Å². The molecule has 1 heterocycles. The molecule has 1 fully saturated rings. The molecule has 3 nitrogen and oxygen atoms in total.